The summed E-state index contributed by atoms with van der Waals surface area (Å²) in [6, 6.07) is 7.16. The first-order valence-electron chi connectivity index (χ1n) is 7.61. The number of nitrogens with zero attached hydrogens (tertiary/aromatic N) is 1. The van der Waals surface area contributed by atoms with Crippen LogP contribution < -0.4 is 20.3 Å². The number of hydrogen-bond donors (Lipinski definition) is 1. The lowest BCUT2D eigenvalue weighted by Crippen LogP contribution is -2.26. The van der Waals surface area contributed by atoms with E-state index < -0.39 is 0 Å². The molecule has 7 heteroatoms. The van der Waals surface area contributed by atoms with Gasteiger partial charge in [0.05, 0.1) is 31.7 Å². The van der Waals surface area contributed by atoms with Gasteiger partial charge in [-0.3, -0.25) is 9.59 Å². The molecule has 0 aliphatic rings. The van der Waals surface area contributed by atoms with E-state index >= 15 is 0 Å². The summed E-state index contributed by atoms with van der Waals surface area (Å²) < 4.78 is 12.0. The summed E-state index contributed by atoms with van der Waals surface area (Å²) >= 11 is 1.57. The smallest absolute Gasteiger partial charge is 0.258 e. The number of methoxy groups -OCH3 is 2. The van der Waals surface area contributed by atoms with Crippen LogP contribution in [0.4, 0.5) is 0 Å². The quantitative estimate of drug-likeness (QED) is 0.761. The van der Waals surface area contributed by atoms with E-state index in [1.54, 1.807) is 36.7 Å². The Bertz CT molecular complexity index is 977. The minimum atomic E-state index is -0.249. The van der Waals surface area contributed by atoms with Crippen molar-refractivity contribution >= 4 is 28.0 Å². The van der Waals surface area contributed by atoms with Crippen molar-refractivity contribution in [1.82, 2.24) is 9.88 Å². The Balaban J connectivity index is 2.08. The average molecular weight is 358 g/mol. The fourth-order valence-corrected chi connectivity index (χ4v) is 3.29. The van der Waals surface area contributed by atoms with Gasteiger partial charge in [0.15, 0.2) is 11.5 Å². The molecular weight excluding hydrogens is 340 g/mol. The van der Waals surface area contributed by atoms with Gasteiger partial charge in [0.25, 0.3) is 11.5 Å². The summed E-state index contributed by atoms with van der Waals surface area (Å²) in [6.45, 7) is 0.439. The molecule has 1 N–H and O–H groups in total. The van der Waals surface area contributed by atoms with E-state index in [2.05, 4.69) is 5.32 Å². The van der Waals surface area contributed by atoms with E-state index in [4.69, 9.17) is 9.47 Å². The third-order valence-corrected chi connectivity index (χ3v) is 4.81. The van der Waals surface area contributed by atoms with Crippen molar-refractivity contribution in [1.29, 1.82) is 0 Å². The number of nitrogens with one attached hydrogen (secondary N) is 1. The highest BCUT2D eigenvalue weighted by molar-refractivity contribution is 7.09. The monoisotopic (exact) mass is 358 g/mol. The predicted molar refractivity (Wildman–Crippen MR) is 97.8 cm³/mol. The molecule has 0 aliphatic carbocycles. The van der Waals surface area contributed by atoms with Crippen LogP contribution in [0, 0.1) is 0 Å². The van der Waals surface area contributed by atoms with Crippen LogP contribution in [-0.2, 0) is 13.6 Å². The second kappa shape index (κ2) is 6.98. The minimum Gasteiger partial charge on any atom is -0.493 e. The van der Waals surface area contributed by atoms with Crippen LogP contribution >= 0.6 is 11.3 Å². The Morgan fingerprint density at radius 1 is 1.20 bits per heavy atom. The molecule has 0 aliphatic heterocycles. The Kier molecular flexibility index (Phi) is 4.76. The third-order valence-electron chi connectivity index (χ3n) is 3.94. The van der Waals surface area contributed by atoms with Crippen molar-refractivity contribution in [3.05, 3.63) is 56.6 Å². The number of pyridine rings is 1. The maximum atomic E-state index is 12.7. The molecule has 0 spiro atoms. The number of hydrogen-bond acceptors (Lipinski definition) is 5. The highest BCUT2D eigenvalue weighted by atomic mass is 32.1. The number of fused-ring (bicyclic) bond motifs is 1. The first kappa shape index (κ1) is 17.0. The molecule has 0 unspecified atom stereocenters. The summed E-state index contributed by atoms with van der Waals surface area (Å²) in [4.78, 5) is 26.2. The van der Waals surface area contributed by atoms with Gasteiger partial charge in [-0.1, -0.05) is 6.07 Å². The zero-order valence-corrected chi connectivity index (χ0v) is 15.0. The van der Waals surface area contributed by atoms with Crippen LogP contribution in [0.5, 0.6) is 11.5 Å². The largest absolute Gasteiger partial charge is 0.493 e. The number of thiophene rings is 1. The Labute approximate surface area is 148 Å². The van der Waals surface area contributed by atoms with Gasteiger partial charge in [0.1, 0.15) is 0 Å². The first-order chi connectivity index (χ1) is 12.0. The van der Waals surface area contributed by atoms with E-state index in [-0.39, 0.29) is 11.5 Å². The summed E-state index contributed by atoms with van der Waals surface area (Å²) in [5.74, 6) is 0.667. The van der Waals surface area contributed by atoms with Gasteiger partial charge in [-0.05, 0) is 23.6 Å². The van der Waals surface area contributed by atoms with Crippen molar-refractivity contribution in [2.45, 2.75) is 6.54 Å². The van der Waals surface area contributed by atoms with Gasteiger partial charge < -0.3 is 19.4 Å². The summed E-state index contributed by atoms with van der Waals surface area (Å²) in [7, 11) is 4.64. The second-order valence-electron chi connectivity index (χ2n) is 5.47. The number of carbonyl (C=O) groups is 1. The Morgan fingerprint density at radius 3 is 2.48 bits per heavy atom. The molecule has 0 atom stereocenters. The highest BCUT2D eigenvalue weighted by Crippen LogP contribution is 2.32. The second-order valence-corrected chi connectivity index (χ2v) is 6.51. The number of ether oxygens (including phenoxy) is 2. The van der Waals surface area contributed by atoms with E-state index in [0.717, 1.165) is 4.88 Å². The van der Waals surface area contributed by atoms with Crippen molar-refractivity contribution in [3.8, 4) is 11.5 Å². The zero-order valence-electron chi connectivity index (χ0n) is 14.2. The van der Waals surface area contributed by atoms with Crippen molar-refractivity contribution in [2.75, 3.05) is 14.2 Å². The highest BCUT2D eigenvalue weighted by Gasteiger charge is 2.17. The van der Waals surface area contributed by atoms with Gasteiger partial charge in [0, 0.05) is 23.5 Å². The number of benzene rings is 1. The molecule has 0 saturated carbocycles. The van der Waals surface area contributed by atoms with Gasteiger partial charge in [-0.2, -0.15) is 0 Å². The number of rotatable bonds is 5. The third kappa shape index (κ3) is 3.23. The molecule has 3 aromatic rings. The lowest BCUT2D eigenvalue weighted by molar-refractivity contribution is 0.0952. The van der Waals surface area contributed by atoms with Gasteiger partial charge in [-0.15, -0.1) is 11.3 Å². The van der Waals surface area contributed by atoms with Crippen LogP contribution in [0.1, 0.15) is 15.2 Å². The molecular formula is C18H18N2O4S. The normalized spacial score (nSPS) is 10.7. The first-order valence-corrected chi connectivity index (χ1v) is 8.49. The van der Waals surface area contributed by atoms with Crippen molar-refractivity contribution in [3.63, 3.8) is 0 Å². The molecule has 0 radical (unpaired) electrons. The molecule has 0 bridgehead atoms. The predicted octanol–water partition coefficient (Wildman–Crippen LogP) is 2.55. The SMILES string of the molecule is COc1cc2c(C(=O)NCc3cccs3)cn(C)c(=O)c2cc1OC. The van der Waals surface area contributed by atoms with Crippen molar-refractivity contribution < 1.29 is 14.3 Å². The Hall–Kier alpha value is -2.80. The lowest BCUT2D eigenvalue weighted by Gasteiger charge is -2.13. The van der Waals surface area contributed by atoms with E-state index in [1.165, 1.54) is 18.8 Å². The maximum Gasteiger partial charge on any atom is 0.258 e. The summed E-state index contributed by atoms with van der Waals surface area (Å²) in [5, 5.41) is 5.79. The number of aryl methyl sites for hydroxylation is 1. The minimum absolute atomic E-state index is 0.203. The van der Waals surface area contributed by atoms with E-state index in [1.807, 2.05) is 17.5 Å². The van der Waals surface area contributed by atoms with Crippen LogP contribution in [0.3, 0.4) is 0 Å². The molecule has 130 valence electrons. The molecule has 0 fully saturated rings. The molecule has 2 heterocycles. The molecule has 3 rings (SSSR count). The van der Waals surface area contributed by atoms with Crippen LogP contribution in [0.15, 0.2) is 40.6 Å². The molecule has 1 amide bonds. The van der Waals surface area contributed by atoms with E-state index in [9.17, 15) is 9.59 Å². The maximum absolute atomic E-state index is 12.7. The molecule has 1 aromatic carbocycles. The number of carbonyl (C=O) groups excluding carboxylic acids is 1. The Morgan fingerprint density at radius 2 is 1.88 bits per heavy atom. The van der Waals surface area contributed by atoms with Crippen LogP contribution in [-0.4, -0.2) is 24.7 Å². The van der Waals surface area contributed by atoms with Gasteiger partial charge in [0.2, 0.25) is 0 Å². The average Bonchev–Trinajstić information content (AvgIpc) is 3.15. The van der Waals surface area contributed by atoms with Crippen LogP contribution in [0.2, 0.25) is 0 Å². The van der Waals surface area contributed by atoms with E-state index in [0.29, 0.717) is 34.4 Å². The molecule has 2 aromatic heterocycles. The lowest BCUT2D eigenvalue weighted by atomic mass is 10.1. The summed E-state index contributed by atoms with van der Waals surface area (Å²) in [5.41, 5.74) is 0.209. The summed E-state index contributed by atoms with van der Waals surface area (Å²) in [6.07, 6.45) is 1.54. The molecule has 25 heavy (non-hydrogen) atoms. The molecule has 0 saturated heterocycles. The number of aromatic nitrogens is 1. The fraction of sp³-hybridized carbons (Fsp3) is 0.222. The molecule has 6 nitrogen and oxygen atoms in total. The van der Waals surface area contributed by atoms with Gasteiger partial charge >= 0.3 is 0 Å². The fourth-order valence-electron chi connectivity index (χ4n) is 2.65. The topological polar surface area (TPSA) is 69.6 Å². The van der Waals surface area contributed by atoms with Crippen LogP contribution in [0.25, 0.3) is 10.8 Å². The standard InChI is InChI=1S/C18H18N2O4S/c1-20-10-14(17(21)19-9-11-5-4-6-25-11)12-7-15(23-2)16(24-3)8-13(12)18(20)22/h4-8,10H,9H2,1-3H3,(H,19,21). The number of amides is 1. The zero-order chi connectivity index (χ0) is 18.0. The van der Waals surface area contributed by atoms with Crippen molar-refractivity contribution in [2.24, 2.45) is 7.05 Å². The van der Waals surface area contributed by atoms with Gasteiger partial charge in [-0.25, -0.2) is 0 Å².